The topological polar surface area (TPSA) is 41.2 Å². The fraction of sp³-hybridized carbons (Fsp3) is 0.458. The molecule has 2 heterocycles. The Hall–Kier alpha value is -2.08. The third kappa shape index (κ3) is 5.54. The molecule has 0 aliphatic carbocycles. The third-order valence-electron chi connectivity index (χ3n) is 6.44. The van der Waals surface area contributed by atoms with Crippen molar-refractivity contribution in [2.45, 2.75) is 25.9 Å². The van der Waals surface area contributed by atoms with Gasteiger partial charge in [0.2, 0.25) is 0 Å². The second kappa shape index (κ2) is 9.82. The average molecular weight is 429 g/mol. The van der Waals surface area contributed by atoms with Gasteiger partial charge in [-0.25, -0.2) is 0 Å². The summed E-state index contributed by atoms with van der Waals surface area (Å²) in [5.74, 6) is 0.198. The highest BCUT2D eigenvalue weighted by Gasteiger charge is 2.29. The molecule has 0 saturated carbocycles. The fourth-order valence-electron chi connectivity index (χ4n) is 4.77. The number of piperazine rings is 1. The van der Waals surface area contributed by atoms with Gasteiger partial charge in [-0.05, 0) is 24.6 Å². The summed E-state index contributed by atoms with van der Waals surface area (Å²) < 4.78 is 0. The maximum atomic E-state index is 12.6. The predicted octanol–water partition coefficient (Wildman–Crippen LogP) is 0.327. The summed E-state index contributed by atoms with van der Waals surface area (Å²) in [4.78, 5) is 17.9. The number of benzene rings is 2. The number of anilines is 1. The van der Waals surface area contributed by atoms with Crippen LogP contribution in [0.4, 0.5) is 5.69 Å². The van der Waals surface area contributed by atoms with Crippen LogP contribution in [-0.2, 0) is 11.3 Å². The van der Waals surface area contributed by atoms with Gasteiger partial charge in [0.05, 0.1) is 45.3 Å². The van der Waals surface area contributed by atoms with Gasteiger partial charge in [-0.15, -0.1) is 0 Å². The van der Waals surface area contributed by atoms with E-state index in [9.17, 15) is 4.79 Å². The quantitative estimate of drug-likeness (QED) is 0.620. The molecule has 30 heavy (non-hydrogen) atoms. The Morgan fingerprint density at radius 2 is 1.87 bits per heavy atom. The average Bonchev–Trinajstić information content (AvgIpc) is 3.17. The number of rotatable bonds is 6. The van der Waals surface area contributed by atoms with Gasteiger partial charge in [0.25, 0.3) is 5.91 Å². The predicted molar refractivity (Wildman–Crippen MR) is 121 cm³/mol. The molecule has 0 radical (unpaired) electrons. The highest BCUT2D eigenvalue weighted by Crippen LogP contribution is 2.24. The molecule has 1 unspecified atom stereocenters. The number of quaternary nitrogens is 2. The minimum Gasteiger partial charge on any atom is -0.360 e. The summed E-state index contributed by atoms with van der Waals surface area (Å²) in [6, 6.07) is 17.0. The van der Waals surface area contributed by atoms with Gasteiger partial charge in [0, 0.05) is 22.7 Å². The lowest BCUT2D eigenvalue weighted by atomic mass is 10.1. The molecule has 160 valence electrons. The molecular formula is C24H33ClN4O+2. The Morgan fingerprint density at radius 1 is 1.10 bits per heavy atom. The van der Waals surface area contributed by atoms with Crippen molar-refractivity contribution in [2.24, 2.45) is 0 Å². The molecule has 2 saturated heterocycles. The van der Waals surface area contributed by atoms with Crippen molar-refractivity contribution in [3.05, 3.63) is 64.7 Å². The number of carbonyl (C=O) groups excluding carboxylic acids is 1. The minimum atomic E-state index is 0.198. The maximum Gasteiger partial charge on any atom is 0.275 e. The van der Waals surface area contributed by atoms with Crippen LogP contribution in [0.3, 0.4) is 0 Å². The lowest BCUT2D eigenvalue weighted by Crippen LogP contribution is -3.16. The first-order chi connectivity index (χ1) is 14.6. The molecule has 0 bridgehead atoms. The van der Waals surface area contributed by atoms with Crippen molar-refractivity contribution in [1.29, 1.82) is 0 Å². The van der Waals surface area contributed by atoms with Crippen molar-refractivity contribution in [3.63, 3.8) is 0 Å². The van der Waals surface area contributed by atoms with Gasteiger partial charge >= 0.3 is 0 Å². The van der Waals surface area contributed by atoms with Crippen molar-refractivity contribution >= 4 is 23.2 Å². The summed E-state index contributed by atoms with van der Waals surface area (Å²) in [5.41, 5.74) is 3.85. The van der Waals surface area contributed by atoms with Crippen LogP contribution in [0.2, 0.25) is 5.02 Å². The Bertz CT molecular complexity index is 852. The van der Waals surface area contributed by atoms with Gasteiger partial charge in [-0.2, -0.15) is 0 Å². The number of likely N-dealkylation sites (tertiary alicyclic amines) is 1. The summed E-state index contributed by atoms with van der Waals surface area (Å²) in [5, 5.41) is 4.07. The molecule has 2 aromatic rings. The summed E-state index contributed by atoms with van der Waals surface area (Å²) in [6.45, 7) is 9.79. The number of hydrogen-bond donors (Lipinski definition) is 3. The summed E-state index contributed by atoms with van der Waals surface area (Å²) in [7, 11) is 0. The highest BCUT2D eigenvalue weighted by molar-refractivity contribution is 6.30. The van der Waals surface area contributed by atoms with E-state index in [1.165, 1.54) is 21.7 Å². The van der Waals surface area contributed by atoms with Gasteiger partial charge in [0.15, 0.2) is 6.54 Å². The zero-order chi connectivity index (χ0) is 20.9. The lowest BCUT2D eigenvalue weighted by molar-refractivity contribution is -0.901. The molecule has 2 aliphatic rings. The minimum absolute atomic E-state index is 0.198. The number of nitrogens with zero attached hydrogens (tertiary/aromatic N) is 1. The van der Waals surface area contributed by atoms with E-state index in [2.05, 4.69) is 59.6 Å². The zero-order valence-electron chi connectivity index (χ0n) is 17.8. The van der Waals surface area contributed by atoms with Crippen molar-refractivity contribution < 1.29 is 14.6 Å². The molecule has 5 nitrogen and oxygen atoms in total. The van der Waals surface area contributed by atoms with E-state index in [0.29, 0.717) is 12.6 Å². The number of nitrogens with one attached hydrogen (secondary N) is 3. The monoisotopic (exact) mass is 428 g/mol. The van der Waals surface area contributed by atoms with Crippen LogP contribution in [0.15, 0.2) is 48.5 Å². The second-order valence-corrected chi connectivity index (χ2v) is 9.20. The molecule has 6 heteroatoms. The van der Waals surface area contributed by atoms with Crippen molar-refractivity contribution in [3.8, 4) is 0 Å². The van der Waals surface area contributed by atoms with Crippen LogP contribution >= 0.6 is 11.6 Å². The number of amides is 1. The van der Waals surface area contributed by atoms with Crippen molar-refractivity contribution in [1.82, 2.24) is 5.32 Å². The first-order valence-corrected chi connectivity index (χ1v) is 11.5. The molecule has 1 amide bonds. The van der Waals surface area contributed by atoms with E-state index >= 15 is 0 Å². The molecule has 4 rings (SSSR count). The number of halogens is 1. The Kier molecular flexibility index (Phi) is 6.93. The molecular weight excluding hydrogens is 396 g/mol. The molecule has 0 aromatic heterocycles. The highest BCUT2D eigenvalue weighted by atomic mass is 35.5. The van der Waals surface area contributed by atoms with Crippen LogP contribution < -0.4 is 20.0 Å². The molecule has 2 aliphatic heterocycles. The van der Waals surface area contributed by atoms with Gasteiger partial charge in [-0.3, -0.25) is 4.79 Å². The van der Waals surface area contributed by atoms with Crippen molar-refractivity contribution in [2.75, 3.05) is 50.7 Å². The van der Waals surface area contributed by atoms with E-state index in [-0.39, 0.29) is 5.91 Å². The van der Waals surface area contributed by atoms with E-state index in [0.717, 1.165) is 57.3 Å². The molecule has 3 N–H and O–H groups in total. The van der Waals surface area contributed by atoms with Gasteiger partial charge in [-0.1, -0.05) is 48.0 Å². The summed E-state index contributed by atoms with van der Waals surface area (Å²) >= 11 is 6.18. The second-order valence-electron chi connectivity index (χ2n) is 8.76. The molecule has 2 atom stereocenters. The Balaban J connectivity index is 1.20. The lowest BCUT2D eigenvalue weighted by Gasteiger charge is -2.34. The van der Waals surface area contributed by atoms with E-state index in [1.807, 2.05) is 6.07 Å². The van der Waals surface area contributed by atoms with Crippen LogP contribution in [0.25, 0.3) is 0 Å². The maximum absolute atomic E-state index is 12.6. The van der Waals surface area contributed by atoms with E-state index in [1.54, 1.807) is 4.90 Å². The molecule has 2 aromatic carbocycles. The largest absolute Gasteiger partial charge is 0.360 e. The zero-order valence-corrected chi connectivity index (χ0v) is 18.5. The summed E-state index contributed by atoms with van der Waals surface area (Å²) in [6.07, 6.45) is 1.07. The van der Waals surface area contributed by atoms with Crippen LogP contribution in [0.5, 0.6) is 0 Å². The third-order valence-corrected chi connectivity index (χ3v) is 6.67. The molecule has 2 fully saturated rings. The van der Waals surface area contributed by atoms with Crippen LogP contribution in [0, 0.1) is 6.92 Å². The van der Waals surface area contributed by atoms with Gasteiger partial charge in [0.1, 0.15) is 6.54 Å². The van der Waals surface area contributed by atoms with E-state index in [4.69, 9.17) is 11.6 Å². The number of hydrogen-bond acceptors (Lipinski definition) is 2. The SMILES string of the molecule is Cc1ccc(Cl)cc1N1CC[NH+](CC(=O)N[C@H]2CC[NH+](Cc3ccccc3)C2)CC1. The van der Waals surface area contributed by atoms with Crippen LogP contribution in [-0.4, -0.2) is 57.8 Å². The first-order valence-electron chi connectivity index (χ1n) is 11.1. The Labute approximate surface area is 184 Å². The normalized spacial score (nSPS) is 22.3. The first kappa shape index (κ1) is 21.2. The smallest absolute Gasteiger partial charge is 0.275 e. The Morgan fingerprint density at radius 3 is 2.63 bits per heavy atom. The number of aryl methyl sites for hydroxylation is 1. The standard InChI is InChI=1S/C24H31ClN4O/c1-19-7-8-21(25)15-23(19)29-13-11-27(12-14-29)18-24(30)26-22-9-10-28(17-22)16-20-5-3-2-4-6-20/h2-8,15,22H,9-14,16-18H2,1H3,(H,26,30)/p+2/t22-/m0/s1. The van der Waals surface area contributed by atoms with E-state index < -0.39 is 0 Å². The van der Waals surface area contributed by atoms with Crippen LogP contribution in [0.1, 0.15) is 17.5 Å². The van der Waals surface area contributed by atoms with Gasteiger partial charge < -0.3 is 20.0 Å². The number of carbonyl (C=O) groups is 1. The fourth-order valence-corrected chi connectivity index (χ4v) is 4.94. The molecule has 0 spiro atoms.